The molecule has 0 aliphatic heterocycles. The first-order valence-electron chi connectivity index (χ1n) is 12.2. The van der Waals surface area contributed by atoms with Crippen LogP contribution in [0.25, 0.3) is 0 Å². The fourth-order valence-corrected chi connectivity index (χ4v) is 5.99. The average molecular weight is 559 g/mol. The number of methoxy groups -OCH3 is 1. The smallest absolute Gasteiger partial charge is 0.407 e. The fraction of sp³-hybridized carbons (Fsp3) is 0.346. The lowest BCUT2D eigenvalue weighted by Gasteiger charge is -2.22. The number of fused-ring (bicyclic) bond motifs is 1. The number of hydrogen-bond acceptors (Lipinski definition) is 7. The summed E-state index contributed by atoms with van der Waals surface area (Å²) in [6.45, 7) is 0. The number of nitrogens with one attached hydrogen (secondary N) is 3. The van der Waals surface area contributed by atoms with Crippen LogP contribution in [-0.2, 0) is 45.5 Å². The summed E-state index contributed by atoms with van der Waals surface area (Å²) in [7, 11) is -3.14. The van der Waals surface area contributed by atoms with Crippen molar-refractivity contribution in [1.82, 2.24) is 15.6 Å². The molecule has 202 valence electrons. The van der Waals surface area contributed by atoms with Gasteiger partial charge in [-0.2, -0.15) is 8.42 Å². The van der Waals surface area contributed by atoms with Crippen LogP contribution in [-0.4, -0.2) is 43.1 Å². The molecule has 1 heterocycles. The van der Waals surface area contributed by atoms with E-state index >= 15 is 0 Å². The summed E-state index contributed by atoms with van der Waals surface area (Å²) in [5, 5.41) is 6.50. The highest BCUT2D eigenvalue weighted by atomic mass is 32.2. The van der Waals surface area contributed by atoms with E-state index in [4.69, 9.17) is 14.3 Å². The van der Waals surface area contributed by atoms with Crippen LogP contribution >= 0.6 is 11.3 Å². The number of carbonyl (C=O) groups is 2. The Hall–Kier alpha value is -3.48. The number of ether oxygens (including phenoxy) is 1. The fourth-order valence-electron chi connectivity index (χ4n) is 4.35. The van der Waals surface area contributed by atoms with E-state index in [9.17, 15) is 18.0 Å². The lowest BCUT2D eigenvalue weighted by molar-refractivity contribution is -0.123. The molecule has 0 spiro atoms. The van der Waals surface area contributed by atoms with Gasteiger partial charge in [-0.15, -0.1) is 11.3 Å². The van der Waals surface area contributed by atoms with Gasteiger partial charge in [0, 0.05) is 11.3 Å². The third kappa shape index (κ3) is 7.76. The summed E-state index contributed by atoms with van der Waals surface area (Å²) in [6, 6.07) is 14.5. The Morgan fingerprint density at radius 1 is 1.00 bits per heavy atom. The van der Waals surface area contributed by atoms with E-state index in [0.29, 0.717) is 6.42 Å². The number of aryl methyl sites for hydroxylation is 2. The molecule has 0 saturated carbocycles. The number of amides is 2. The lowest BCUT2D eigenvalue weighted by atomic mass is 10.0. The Morgan fingerprint density at radius 2 is 1.68 bits per heavy atom. The van der Waals surface area contributed by atoms with Crippen LogP contribution in [0.3, 0.4) is 0 Å². The van der Waals surface area contributed by atoms with Crippen molar-refractivity contribution < 1.29 is 27.3 Å². The summed E-state index contributed by atoms with van der Waals surface area (Å²) in [5.41, 5.74) is 2.99. The van der Waals surface area contributed by atoms with Crippen molar-refractivity contribution >= 4 is 39.3 Å². The number of rotatable bonds is 10. The molecular formula is C26H30N4O6S2. The van der Waals surface area contributed by atoms with Crippen LogP contribution in [0.1, 0.15) is 45.6 Å². The molecule has 2 unspecified atom stereocenters. The number of anilines is 1. The summed E-state index contributed by atoms with van der Waals surface area (Å²) < 4.78 is 38.0. The number of hydrogen-bond donors (Lipinski definition) is 4. The maximum Gasteiger partial charge on any atom is 0.407 e. The van der Waals surface area contributed by atoms with Gasteiger partial charge in [0.05, 0.1) is 24.5 Å². The van der Waals surface area contributed by atoms with Gasteiger partial charge in [0.1, 0.15) is 11.0 Å². The SMILES string of the molecule is COC(=O)NC(Cc1ccccc1)C(=O)NC(Cc1ccc(NS(=O)(=O)O)cc1)c1nc2c(s1)CCCC2. The van der Waals surface area contributed by atoms with Crippen molar-refractivity contribution in [2.24, 2.45) is 0 Å². The number of alkyl carbamates (subject to hydrolysis) is 1. The van der Waals surface area contributed by atoms with Gasteiger partial charge in [0.2, 0.25) is 5.91 Å². The standard InChI is InChI=1S/C26H30N4O6S2/c1-36-26(32)29-21(15-17-7-3-2-4-8-17)24(31)27-22(25-28-20-9-5-6-10-23(20)37-25)16-18-11-13-19(14-12-18)30-38(33,34)35/h2-4,7-8,11-14,21-22,30H,5-6,9-10,15-16H2,1H3,(H,27,31)(H,29,32)(H,33,34,35). The predicted octanol–water partition coefficient (Wildman–Crippen LogP) is 3.60. The first kappa shape index (κ1) is 27.6. The molecule has 0 bridgehead atoms. The minimum absolute atomic E-state index is 0.215. The molecular weight excluding hydrogens is 528 g/mol. The van der Waals surface area contributed by atoms with Crippen LogP contribution < -0.4 is 15.4 Å². The highest BCUT2D eigenvalue weighted by Gasteiger charge is 2.28. The first-order valence-corrected chi connectivity index (χ1v) is 14.5. The van der Waals surface area contributed by atoms with E-state index in [1.807, 2.05) is 35.1 Å². The third-order valence-electron chi connectivity index (χ3n) is 6.19. The van der Waals surface area contributed by atoms with Crippen molar-refractivity contribution in [3.05, 3.63) is 81.3 Å². The van der Waals surface area contributed by atoms with Crippen LogP contribution in [0.2, 0.25) is 0 Å². The molecule has 2 amide bonds. The summed E-state index contributed by atoms with van der Waals surface area (Å²) in [4.78, 5) is 31.6. The van der Waals surface area contributed by atoms with Gasteiger partial charge in [-0.25, -0.2) is 9.78 Å². The van der Waals surface area contributed by atoms with Crippen LogP contribution in [0.4, 0.5) is 10.5 Å². The number of thiazole rings is 1. The van der Waals surface area contributed by atoms with Gasteiger partial charge in [-0.05, 0) is 55.4 Å². The molecule has 1 aliphatic carbocycles. The quantitative estimate of drug-likeness (QED) is 0.278. The Labute approximate surface area is 225 Å². The van der Waals surface area contributed by atoms with Crippen LogP contribution in [0, 0.1) is 0 Å². The van der Waals surface area contributed by atoms with E-state index in [0.717, 1.165) is 47.5 Å². The third-order valence-corrected chi connectivity index (χ3v) is 7.96. The summed E-state index contributed by atoms with van der Waals surface area (Å²) in [6.07, 6.45) is 4.02. The van der Waals surface area contributed by atoms with Crippen molar-refractivity contribution in [3.8, 4) is 0 Å². The number of benzene rings is 2. The minimum Gasteiger partial charge on any atom is -0.453 e. The maximum absolute atomic E-state index is 13.5. The van der Waals surface area contributed by atoms with Crippen molar-refractivity contribution in [2.45, 2.75) is 50.6 Å². The summed E-state index contributed by atoms with van der Waals surface area (Å²) in [5.74, 6) is -0.373. The molecule has 2 aromatic carbocycles. The zero-order valence-electron chi connectivity index (χ0n) is 20.8. The zero-order chi connectivity index (χ0) is 27.1. The second kappa shape index (κ2) is 12.4. The predicted molar refractivity (Wildman–Crippen MR) is 144 cm³/mol. The molecule has 2 atom stereocenters. The van der Waals surface area contributed by atoms with Crippen molar-refractivity contribution in [1.29, 1.82) is 0 Å². The van der Waals surface area contributed by atoms with E-state index in [-0.39, 0.29) is 18.0 Å². The minimum atomic E-state index is -4.38. The van der Waals surface area contributed by atoms with Crippen molar-refractivity contribution in [3.63, 3.8) is 0 Å². The zero-order valence-corrected chi connectivity index (χ0v) is 22.5. The van der Waals surface area contributed by atoms with E-state index in [1.165, 1.54) is 24.1 Å². The number of aromatic nitrogens is 1. The monoisotopic (exact) mass is 558 g/mol. The molecule has 12 heteroatoms. The Kier molecular flexibility index (Phi) is 8.97. The van der Waals surface area contributed by atoms with E-state index in [1.54, 1.807) is 23.5 Å². The van der Waals surface area contributed by atoms with Gasteiger partial charge in [0.15, 0.2) is 0 Å². The van der Waals surface area contributed by atoms with E-state index in [2.05, 4.69) is 10.6 Å². The molecule has 4 rings (SSSR count). The molecule has 0 fully saturated rings. The molecule has 3 aromatic rings. The molecule has 0 radical (unpaired) electrons. The second-order valence-electron chi connectivity index (χ2n) is 9.05. The van der Waals surface area contributed by atoms with Crippen molar-refractivity contribution in [2.75, 3.05) is 11.8 Å². The maximum atomic E-state index is 13.5. The van der Waals surface area contributed by atoms with Crippen LogP contribution in [0.5, 0.6) is 0 Å². The van der Waals surface area contributed by atoms with Gasteiger partial charge < -0.3 is 15.4 Å². The highest BCUT2D eigenvalue weighted by molar-refractivity contribution is 7.87. The number of carbonyl (C=O) groups excluding carboxylic acids is 2. The molecule has 4 N–H and O–H groups in total. The topological polar surface area (TPSA) is 147 Å². The van der Waals surface area contributed by atoms with Gasteiger partial charge in [0.25, 0.3) is 0 Å². The largest absolute Gasteiger partial charge is 0.453 e. The molecule has 10 nitrogen and oxygen atoms in total. The normalized spacial score (nSPS) is 14.6. The molecule has 0 saturated heterocycles. The van der Waals surface area contributed by atoms with Gasteiger partial charge >= 0.3 is 16.4 Å². The molecule has 38 heavy (non-hydrogen) atoms. The number of nitrogens with zero attached hydrogens (tertiary/aromatic N) is 1. The molecule has 1 aliphatic rings. The average Bonchev–Trinajstić information content (AvgIpc) is 3.33. The van der Waals surface area contributed by atoms with Crippen LogP contribution in [0.15, 0.2) is 54.6 Å². The lowest BCUT2D eigenvalue weighted by Crippen LogP contribution is -2.49. The Morgan fingerprint density at radius 3 is 2.34 bits per heavy atom. The Balaban J connectivity index is 1.58. The van der Waals surface area contributed by atoms with Gasteiger partial charge in [-0.3, -0.25) is 14.1 Å². The first-order chi connectivity index (χ1) is 18.2. The Bertz CT molecular complexity index is 1340. The van der Waals surface area contributed by atoms with Gasteiger partial charge in [-0.1, -0.05) is 42.5 Å². The molecule has 1 aromatic heterocycles. The highest BCUT2D eigenvalue weighted by Crippen LogP contribution is 2.31. The van der Waals surface area contributed by atoms with E-state index < -0.39 is 28.5 Å². The summed E-state index contributed by atoms with van der Waals surface area (Å²) >= 11 is 1.59. The second-order valence-corrected chi connectivity index (χ2v) is 11.3.